The first kappa shape index (κ1) is 22.6. The third kappa shape index (κ3) is 5.53. The van der Waals surface area contributed by atoms with Gasteiger partial charge in [0.2, 0.25) is 11.8 Å². The van der Waals surface area contributed by atoms with E-state index in [0.29, 0.717) is 17.9 Å². The molecule has 1 aliphatic carbocycles. The molecule has 5 nitrogen and oxygen atoms in total. The van der Waals surface area contributed by atoms with E-state index in [1.165, 1.54) is 12.8 Å². The fourth-order valence-electron chi connectivity index (χ4n) is 5.37. The highest BCUT2D eigenvalue weighted by atomic mass is 16.2. The fourth-order valence-corrected chi connectivity index (χ4v) is 5.37. The number of carbonyl (C=O) groups is 2. The third-order valence-corrected chi connectivity index (χ3v) is 7.61. The zero-order chi connectivity index (χ0) is 21.4. The molecule has 1 spiro atoms. The van der Waals surface area contributed by atoms with Gasteiger partial charge in [-0.15, -0.1) is 0 Å². The summed E-state index contributed by atoms with van der Waals surface area (Å²) in [6.07, 6.45) is 6.60. The van der Waals surface area contributed by atoms with Crippen LogP contribution in [-0.4, -0.2) is 59.9 Å². The molecule has 2 heterocycles. The van der Waals surface area contributed by atoms with Crippen molar-refractivity contribution in [2.24, 2.45) is 22.7 Å². The lowest BCUT2D eigenvalue weighted by molar-refractivity contribution is -0.151. The maximum atomic E-state index is 13.0. The standard InChI is InChI=1S/C24H43N3O2/c1-22(2,3)19-9-7-18(8-10-19)21(29)26-13-11-24(12-14-26)16-27(17-24)20(28)15-25-23(4,5)6/h18-19,25H,7-17H2,1-6H3. The average molecular weight is 406 g/mol. The Kier molecular flexibility index (Phi) is 6.39. The second-order valence-corrected chi connectivity index (χ2v) is 12.1. The van der Waals surface area contributed by atoms with E-state index in [9.17, 15) is 9.59 Å². The van der Waals surface area contributed by atoms with E-state index in [4.69, 9.17) is 0 Å². The predicted octanol–water partition coefficient (Wildman–Crippen LogP) is 3.68. The average Bonchev–Trinajstić information content (AvgIpc) is 2.62. The molecule has 0 radical (unpaired) electrons. The zero-order valence-corrected chi connectivity index (χ0v) is 19.6. The van der Waals surface area contributed by atoms with Crippen molar-refractivity contribution in [3.8, 4) is 0 Å². The topological polar surface area (TPSA) is 52.7 Å². The van der Waals surface area contributed by atoms with Crippen LogP contribution >= 0.6 is 0 Å². The van der Waals surface area contributed by atoms with Crippen molar-refractivity contribution < 1.29 is 9.59 Å². The lowest BCUT2D eigenvalue weighted by Crippen LogP contribution is -2.63. The molecule has 1 saturated carbocycles. The first-order valence-electron chi connectivity index (χ1n) is 11.7. The molecule has 29 heavy (non-hydrogen) atoms. The van der Waals surface area contributed by atoms with Crippen molar-refractivity contribution in [2.45, 2.75) is 85.6 Å². The quantitative estimate of drug-likeness (QED) is 0.779. The van der Waals surface area contributed by atoms with Gasteiger partial charge in [-0.1, -0.05) is 20.8 Å². The summed E-state index contributed by atoms with van der Waals surface area (Å²) < 4.78 is 0. The van der Waals surface area contributed by atoms with Gasteiger partial charge >= 0.3 is 0 Å². The molecule has 3 aliphatic rings. The number of piperidine rings is 1. The van der Waals surface area contributed by atoms with Crippen LogP contribution in [0.2, 0.25) is 0 Å². The molecule has 0 bridgehead atoms. The molecule has 0 unspecified atom stereocenters. The van der Waals surface area contributed by atoms with Crippen molar-refractivity contribution in [3.05, 3.63) is 0 Å². The predicted molar refractivity (Wildman–Crippen MR) is 117 cm³/mol. The monoisotopic (exact) mass is 405 g/mol. The number of rotatable bonds is 3. The summed E-state index contributed by atoms with van der Waals surface area (Å²) in [5.74, 6) is 1.60. The Morgan fingerprint density at radius 1 is 0.897 bits per heavy atom. The number of nitrogens with zero attached hydrogens (tertiary/aromatic N) is 2. The van der Waals surface area contributed by atoms with Crippen LogP contribution in [0.15, 0.2) is 0 Å². The first-order valence-corrected chi connectivity index (χ1v) is 11.7. The molecule has 5 heteroatoms. The van der Waals surface area contributed by atoms with Gasteiger partial charge in [-0.2, -0.15) is 0 Å². The van der Waals surface area contributed by atoms with E-state index >= 15 is 0 Å². The Morgan fingerprint density at radius 2 is 1.45 bits per heavy atom. The molecule has 166 valence electrons. The molecule has 3 rings (SSSR count). The Morgan fingerprint density at radius 3 is 1.93 bits per heavy atom. The Labute approximate surface area is 178 Å². The van der Waals surface area contributed by atoms with Crippen molar-refractivity contribution in [3.63, 3.8) is 0 Å². The SMILES string of the molecule is CC(C)(C)NCC(=O)N1CC2(CCN(C(=O)C3CCC(C(C)(C)C)CC3)CC2)C1. The first-order chi connectivity index (χ1) is 13.4. The third-order valence-electron chi connectivity index (χ3n) is 7.61. The van der Waals surface area contributed by atoms with Gasteiger partial charge in [0, 0.05) is 43.1 Å². The van der Waals surface area contributed by atoms with Gasteiger partial charge in [-0.25, -0.2) is 0 Å². The summed E-state index contributed by atoms with van der Waals surface area (Å²) in [7, 11) is 0. The van der Waals surface area contributed by atoms with Gasteiger partial charge in [0.1, 0.15) is 0 Å². The van der Waals surface area contributed by atoms with Gasteiger partial charge in [-0.3, -0.25) is 9.59 Å². The van der Waals surface area contributed by atoms with E-state index in [1.54, 1.807) is 0 Å². The van der Waals surface area contributed by atoms with Crippen LogP contribution in [-0.2, 0) is 9.59 Å². The van der Waals surface area contributed by atoms with Gasteiger partial charge in [0.15, 0.2) is 0 Å². The Bertz CT molecular complexity index is 593. The van der Waals surface area contributed by atoms with Gasteiger partial charge in [-0.05, 0) is 70.6 Å². The lowest BCUT2D eigenvalue weighted by Gasteiger charge is -2.54. The highest BCUT2D eigenvalue weighted by Crippen LogP contribution is 2.43. The molecule has 2 amide bonds. The lowest BCUT2D eigenvalue weighted by atomic mass is 9.69. The van der Waals surface area contributed by atoms with Crippen LogP contribution in [0, 0.1) is 22.7 Å². The Balaban J connectivity index is 1.40. The Hall–Kier alpha value is -1.10. The number of likely N-dealkylation sites (tertiary alicyclic amines) is 2. The van der Waals surface area contributed by atoms with Gasteiger partial charge < -0.3 is 15.1 Å². The van der Waals surface area contributed by atoms with E-state index in [2.05, 4.69) is 51.8 Å². The van der Waals surface area contributed by atoms with Crippen molar-refractivity contribution >= 4 is 11.8 Å². The summed E-state index contributed by atoms with van der Waals surface area (Å²) in [6.45, 7) is 17.1. The number of amides is 2. The minimum Gasteiger partial charge on any atom is -0.342 e. The van der Waals surface area contributed by atoms with Crippen LogP contribution in [0.5, 0.6) is 0 Å². The highest BCUT2D eigenvalue weighted by molar-refractivity contribution is 5.80. The second-order valence-electron chi connectivity index (χ2n) is 12.1. The van der Waals surface area contributed by atoms with Crippen LogP contribution in [0.25, 0.3) is 0 Å². The number of hydrogen-bond acceptors (Lipinski definition) is 3. The maximum Gasteiger partial charge on any atom is 0.236 e. The molecule has 0 aromatic carbocycles. The second kappa shape index (κ2) is 8.20. The maximum absolute atomic E-state index is 13.0. The molecule has 0 aromatic heterocycles. The number of hydrogen-bond donors (Lipinski definition) is 1. The molecule has 2 saturated heterocycles. The van der Waals surface area contributed by atoms with Crippen molar-refractivity contribution in [1.82, 2.24) is 15.1 Å². The van der Waals surface area contributed by atoms with Gasteiger partial charge in [0.05, 0.1) is 6.54 Å². The minimum absolute atomic E-state index is 0.0318. The van der Waals surface area contributed by atoms with E-state index in [-0.39, 0.29) is 22.8 Å². The van der Waals surface area contributed by atoms with Crippen LogP contribution < -0.4 is 5.32 Å². The summed E-state index contributed by atoms with van der Waals surface area (Å²) in [5.41, 5.74) is 0.593. The van der Waals surface area contributed by atoms with E-state index in [0.717, 1.165) is 57.8 Å². The molecule has 1 N–H and O–H groups in total. The summed E-state index contributed by atoms with van der Waals surface area (Å²) >= 11 is 0. The molecule has 2 aliphatic heterocycles. The largest absolute Gasteiger partial charge is 0.342 e. The van der Waals surface area contributed by atoms with Crippen molar-refractivity contribution in [1.29, 1.82) is 0 Å². The molecule has 0 aromatic rings. The number of carbonyl (C=O) groups excluding carboxylic acids is 2. The summed E-state index contributed by atoms with van der Waals surface area (Å²) in [4.78, 5) is 29.5. The normalized spacial score (nSPS) is 27.7. The van der Waals surface area contributed by atoms with E-state index < -0.39 is 0 Å². The number of nitrogens with one attached hydrogen (secondary N) is 1. The fraction of sp³-hybridized carbons (Fsp3) is 0.917. The van der Waals surface area contributed by atoms with Crippen LogP contribution in [0.1, 0.15) is 80.1 Å². The minimum atomic E-state index is -0.0318. The smallest absolute Gasteiger partial charge is 0.236 e. The summed E-state index contributed by atoms with van der Waals surface area (Å²) in [5, 5.41) is 3.29. The molecular weight excluding hydrogens is 362 g/mol. The molecular formula is C24H43N3O2. The van der Waals surface area contributed by atoms with Crippen LogP contribution in [0.3, 0.4) is 0 Å². The van der Waals surface area contributed by atoms with Gasteiger partial charge in [0.25, 0.3) is 0 Å². The van der Waals surface area contributed by atoms with Crippen molar-refractivity contribution in [2.75, 3.05) is 32.7 Å². The zero-order valence-electron chi connectivity index (χ0n) is 19.6. The molecule has 3 fully saturated rings. The highest BCUT2D eigenvalue weighted by Gasteiger charge is 2.47. The molecule has 0 atom stereocenters. The van der Waals surface area contributed by atoms with E-state index in [1.807, 2.05) is 4.90 Å². The summed E-state index contributed by atoms with van der Waals surface area (Å²) in [6, 6.07) is 0. The van der Waals surface area contributed by atoms with Crippen LogP contribution in [0.4, 0.5) is 0 Å².